The Morgan fingerprint density at radius 1 is 1.20 bits per heavy atom. The Hall–Kier alpha value is -3.61. The van der Waals surface area contributed by atoms with Crippen LogP contribution in [0.1, 0.15) is 6.42 Å². The van der Waals surface area contributed by atoms with Gasteiger partial charge in [0.15, 0.2) is 0 Å². The van der Waals surface area contributed by atoms with E-state index in [1.807, 2.05) is 48.5 Å². The zero-order valence-corrected chi connectivity index (χ0v) is 16.7. The number of amides is 2. The number of hydrogen-bond donors (Lipinski definition) is 1. The second-order valence-electron chi connectivity index (χ2n) is 7.08. The minimum Gasteiger partial charge on any atom is -0.497 e. The summed E-state index contributed by atoms with van der Waals surface area (Å²) in [5, 5.41) is 3.87. The van der Waals surface area contributed by atoms with Gasteiger partial charge in [0.2, 0.25) is 11.8 Å². The maximum atomic E-state index is 12.5. The highest BCUT2D eigenvalue weighted by Gasteiger charge is 2.35. The third-order valence-corrected chi connectivity index (χ3v) is 5.12. The van der Waals surface area contributed by atoms with Crippen LogP contribution in [0.25, 0.3) is 10.9 Å². The molecular formula is C23H23N3O4. The summed E-state index contributed by atoms with van der Waals surface area (Å²) >= 11 is 0. The van der Waals surface area contributed by atoms with Gasteiger partial charge in [0.05, 0.1) is 19.6 Å². The van der Waals surface area contributed by atoms with Crippen molar-refractivity contribution in [2.24, 2.45) is 5.92 Å². The van der Waals surface area contributed by atoms with E-state index in [2.05, 4.69) is 10.3 Å². The summed E-state index contributed by atoms with van der Waals surface area (Å²) in [5.41, 5.74) is 1.53. The molecule has 1 fully saturated rings. The van der Waals surface area contributed by atoms with Crippen molar-refractivity contribution in [1.29, 1.82) is 0 Å². The fourth-order valence-corrected chi connectivity index (χ4v) is 3.58. The van der Waals surface area contributed by atoms with Crippen LogP contribution in [0.4, 0.5) is 5.69 Å². The molecule has 154 valence electrons. The summed E-state index contributed by atoms with van der Waals surface area (Å²) in [6.07, 6.45) is 1.92. The van der Waals surface area contributed by atoms with E-state index in [0.717, 1.165) is 16.6 Å². The van der Waals surface area contributed by atoms with Crippen LogP contribution in [0.5, 0.6) is 11.5 Å². The number of fused-ring (bicyclic) bond motifs is 1. The molecule has 30 heavy (non-hydrogen) atoms. The van der Waals surface area contributed by atoms with Gasteiger partial charge < -0.3 is 19.7 Å². The molecule has 2 aromatic carbocycles. The summed E-state index contributed by atoms with van der Waals surface area (Å²) in [7, 11) is 1.58. The molecule has 4 rings (SSSR count). The number of anilines is 1. The lowest BCUT2D eigenvalue weighted by Crippen LogP contribution is -2.35. The molecule has 0 saturated carbocycles. The molecule has 3 aromatic rings. The molecule has 0 spiro atoms. The fourth-order valence-electron chi connectivity index (χ4n) is 3.58. The number of nitrogens with one attached hydrogen (secondary N) is 1. The highest BCUT2D eigenvalue weighted by Crippen LogP contribution is 2.28. The van der Waals surface area contributed by atoms with Crippen LogP contribution in [0.2, 0.25) is 0 Å². The third-order valence-electron chi connectivity index (χ3n) is 5.12. The summed E-state index contributed by atoms with van der Waals surface area (Å²) < 4.78 is 11.0. The number of carbonyl (C=O) groups is 2. The lowest BCUT2D eigenvalue weighted by molar-refractivity contribution is -0.126. The first-order valence-electron chi connectivity index (χ1n) is 9.84. The van der Waals surface area contributed by atoms with Gasteiger partial charge >= 0.3 is 0 Å². The first-order valence-corrected chi connectivity index (χ1v) is 9.84. The number of pyridine rings is 1. The average molecular weight is 405 g/mol. The predicted molar refractivity (Wildman–Crippen MR) is 114 cm³/mol. The van der Waals surface area contributed by atoms with E-state index in [1.165, 1.54) is 0 Å². The van der Waals surface area contributed by atoms with Crippen LogP contribution in [-0.2, 0) is 9.59 Å². The van der Waals surface area contributed by atoms with Crippen LogP contribution in [0, 0.1) is 5.92 Å². The van der Waals surface area contributed by atoms with E-state index < -0.39 is 0 Å². The van der Waals surface area contributed by atoms with E-state index in [0.29, 0.717) is 31.2 Å². The van der Waals surface area contributed by atoms with Gasteiger partial charge in [-0.05, 0) is 24.3 Å². The van der Waals surface area contributed by atoms with Crippen molar-refractivity contribution in [3.8, 4) is 11.5 Å². The minimum atomic E-state index is -0.386. The molecule has 1 aliphatic heterocycles. The first-order chi connectivity index (χ1) is 14.7. The third kappa shape index (κ3) is 4.20. The predicted octanol–water partition coefficient (Wildman–Crippen LogP) is 2.79. The highest BCUT2D eigenvalue weighted by atomic mass is 16.5. The van der Waals surface area contributed by atoms with Crippen LogP contribution < -0.4 is 19.7 Å². The summed E-state index contributed by atoms with van der Waals surface area (Å²) in [5.74, 6) is 0.758. The van der Waals surface area contributed by atoms with Crippen LogP contribution in [0.3, 0.4) is 0 Å². The second-order valence-corrected chi connectivity index (χ2v) is 7.08. The number of nitrogens with zero attached hydrogens (tertiary/aromatic N) is 2. The van der Waals surface area contributed by atoms with Crippen molar-refractivity contribution in [3.63, 3.8) is 0 Å². The van der Waals surface area contributed by atoms with Crippen molar-refractivity contribution >= 4 is 28.4 Å². The quantitative estimate of drug-likeness (QED) is 0.612. The van der Waals surface area contributed by atoms with Crippen molar-refractivity contribution in [2.45, 2.75) is 6.42 Å². The number of hydrogen-bond acceptors (Lipinski definition) is 5. The highest BCUT2D eigenvalue weighted by molar-refractivity contribution is 6.00. The smallest absolute Gasteiger partial charge is 0.227 e. The second kappa shape index (κ2) is 8.82. The van der Waals surface area contributed by atoms with Gasteiger partial charge in [-0.25, -0.2) is 0 Å². The van der Waals surface area contributed by atoms with Gasteiger partial charge in [-0.2, -0.15) is 0 Å². The maximum absolute atomic E-state index is 12.5. The molecule has 2 heterocycles. The normalized spacial score (nSPS) is 16.0. The molecule has 0 bridgehead atoms. The Morgan fingerprint density at radius 3 is 2.90 bits per heavy atom. The van der Waals surface area contributed by atoms with E-state index in [1.54, 1.807) is 24.3 Å². The molecule has 2 amide bonds. The van der Waals surface area contributed by atoms with Crippen molar-refractivity contribution in [2.75, 3.05) is 31.7 Å². The summed E-state index contributed by atoms with van der Waals surface area (Å²) in [6, 6.07) is 16.9. The number of benzene rings is 2. The fraction of sp³-hybridized carbons (Fsp3) is 0.261. The molecule has 0 aliphatic carbocycles. The zero-order valence-electron chi connectivity index (χ0n) is 16.7. The van der Waals surface area contributed by atoms with E-state index in [-0.39, 0.29) is 24.2 Å². The van der Waals surface area contributed by atoms with E-state index in [4.69, 9.17) is 9.47 Å². The molecule has 1 aliphatic rings. The molecule has 7 nitrogen and oxygen atoms in total. The number of methoxy groups -OCH3 is 1. The number of aromatic nitrogens is 1. The summed E-state index contributed by atoms with van der Waals surface area (Å²) in [4.78, 5) is 30.9. The maximum Gasteiger partial charge on any atom is 0.227 e. The number of rotatable bonds is 7. The Morgan fingerprint density at radius 2 is 2.03 bits per heavy atom. The van der Waals surface area contributed by atoms with E-state index >= 15 is 0 Å². The largest absolute Gasteiger partial charge is 0.497 e. The molecule has 1 N–H and O–H groups in total. The SMILES string of the molecule is COc1cccc(N2CC(C(=O)NCCOc3cccc4cccnc34)CC2=O)c1. The van der Waals surface area contributed by atoms with Gasteiger partial charge in [-0.1, -0.05) is 24.3 Å². The van der Waals surface area contributed by atoms with Crippen molar-refractivity contribution in [3.05, 3.63) is 60.8 Å². The van der Waals surface area contributed by atoms with Crippen LogP contribution >= 0.6 is 0 Å². The van der Waals surface area contributed by atoms with Gasteiger partial charge in [0.25, 0.3) is 0 Å². The first kappa shape index (κ1) is 19.7. The van der Waals surface area contributed by atoms with Gasteiger partial charge in [-0.15, -0.1) is 0 Å². The zero-order chi connectivity index (χ0) is 20.9. The van der Waals surface area contributed by atoms with Crippen LogP contribution in [0.15, 0.2) is 60.8 Å². The molecular weight excluding hydrogens is 382 g/mol. The molecule has 7 heteroatoms. The summed E-state index contributed by atoms with van der Waals surface area (Å²) in [6.45, 7) is 1.03. The Labute approximate surface area is 174 Å². The lowest BCUT2D eigenvalue weighted by Gasteiger charge is -2.17. The number of carbonyl (C=O) groups excluding carboxylic acids is 2. The Kier molecular flexibility index (Phi) is 5.79. The Balaban J connectivity index is 1.30. The lowest BCUT2D eigenvalue weighted by atomic mass is 10.1. The molecule has 0 radical (unpaired) electrons. The standard InChI is InChI=1S/C23H23N3O4/c1-29-19-8-3-7-18(14-19)26-15-17(13-21(26)27)23(28)25-11-12-30-20-9-2-5-16-6-4-10-24-22(16)20/h2-10,14,17H,11-13,15H2,1H3,(H,25,28). The molecule has 1 atom stereocenters. The van der Waals surface area contributed by atoms with Crippen molar-refractivity contribution < 1.29 is 19.1 Å². The average Bonchev–Trinajstić information content (AvgIpc) is 3.18. The Bertz CT molecular complexity index is 1060. The van der Waals surface area contributed by atoms with Gasteiger partial charge in [0, 0.05) is 36.3 Å². The monoisotopic (exact) mass is 405 g/mol. The van der Waals surface area contributed by atoms with Crippen LogP contribution in [-0.4, -0.2) is 43.6 Å². The number of para-hydroxylation sites is 1. The van der Waals surface area contributed by atoms with E-state index in [9.17, 15) is 9.59 Å². The van der Waals surface area contributed by atoms with Gasteiger partial charge in [0.1, 0.15) is 23.6 Å². The molecule has 1 unspecified atom stereocenters. The number of ether oxygens (including phenoxy) is 2. The molecule has 1 aromatic heterocycles. The topological polar surface area (TPSA) is 80.8 Å². The molecule has 1 saturated heterocycles. The van der Waals surface area contributed by atoms with Gasteiger partial charge in [-0.3, -0.25) is 14.6 Å². The minimum absolute atomic E-state index is 0.0681. The van der Waals surface area contributed by atoms with Crippen molar-refractivity contribution in [1.82, 2.24) is 10.3 Å².